The quantitative estimate of drug-likeness (QED) is 0.657. The number of nitrogens with zero attached hydrogens (tertiary/aromatic N) is 2. The second kappa shape index (κ2) is 6.11. The number of nitrogens with two attached hydrogens (primary N) is 1. The highest BCUT2D eigenvalue weighted by atomic mass is 15.2. The van der Waals surface area contributed by atoms with Crippen LogP contribution in [0.5, 0.6) is 0 Å². The summed E-state index contributed by atoms with van der Waals surface area (Å²) < 4.78 is 0. The first-order chi connectivity index (χ1) is 9.88. The Morgan fingerprint density at radius 2 is 2.20 bits per heavy atom. The molecule has 4 nitrogen and oxygen atoms in total. The van der Waals surface area contributed by atoms with Crippen molar-refractivity contribution in [2.24, 2.45) is 5.84 Å². The first-order valence-electron chi connectivity index (χ1n) is 7.17. The lowest BCUT2D eigenvalue weighted by molar-refractivity contribution is 0.387. The molecule has 0 saturated carbocycles. The molecule has 0 bridgehead atoms. The molecule has 0 spiro atoms. The SMILES string of the molecule is NNC(Cc1cccnc1)C1CCCc2cccnc21. The van der Waals surface area contributed by atoms with Crippen molar-refractivity contribution < 1.29 is 0 Å². The maximum Gasteiger partial charge on any atom is 0.0482 e. The molecule has 0 amide bonds. The number of aromatic nitrogens is 2. The normalized spacial score (nSPS) is 19.4. The van der Waals surface area contributed by atoms with Gasteiger partial charge in [0.1, 0.15) is 0 Å². The summed E-state index contributed by atoms with van der Waals surface area (Å²) in [5.41, 5.74) is 6.78. The Balaban J connectivity index is 1.84. The van der Waals surface area contributed by atoms with Gasteiger partial charge in [-0.15, -0.1) is 0 Å². The molecule has 0 fully saturated rings. The lowest BCUT2D eigenvalue weighted by Gasteiger charge is -2.31. The van der Waals surface area contributed by atoms with E-state index in [1.54, 1.807) is 6.20 Å². The number of hydrogen-bond acceptors (Lipinski definition) is 4. The first-order valence-corrected chi connectivity index (χ1v) is 7.17. The third-order valence-corrected chi connectivity index (χ3v) is 4.12. The molecule has 3 rings (SSSR count). The van der Waals surface area contributed by atoms with Crippen LogP contribution in [0.1, 0.15) is 35.6 Å². The summed E-state index contributed by atoms with van der Waals surface area (Å²) in [5, 5.41) is 0. The number of hydrazine groups is 1. The lowest BCUT2D eigenvalue weighted by Crippen LogP contribution is -2.42. The van der Waals surface area contributed by atoms with Crippen molar-refractivity contribution in [2.45, 2.75) is 37.6 Å². The van der Waals surface area contributed by atoms with Gasteiger partial charge in [-0.1, -0.05) is 12.1 Å². The van der Waals surface area contributed by atoms with Crippen LogP contribution in [0.15, 0.2) is 42.9 Å². The van der Waals surface area contributed by atoms with E-state index < -0.39 is 0 Å². The summed E-state index contributed by atoms with van der Waals surface area (Å²) >= 11 is 0. The Labute approximate surface area is 119 Å². The van der Waals surface area contributed by atoms with E-state index in [1.807, 2.05) is 24.5 Å². The molecule has 4 heteroatoms. The van der Waals surface area contributed by atoms with Gasteiger partial charge < -0.3 is 0 Å². The Bertz CT molecular complexity index is 555. The van der Waals surface area contributed by atoms with Crippen molar-refractivity contribution in [3.05, 3.63) is 59.7 Å². The van der Waals surface area contributed by atoms with Gasteiger partial charge in [-0.2, -0.15) is 0 Å². The highest BCUT2D eigenvalue weighted by molar-refractivity contribution is 5.28. The van der Waals surface area contributed by atoms with Crippen LogP contribution < -0.4 is 11.3 Å². The van der Waals surface area contributed by atoms with Crippen LogP contribution in [0.3, 0.4) is 0 Å². The van der Waals surface area contributed by atoms with Crippen LogP contribution in [-0.4, -0.2) is 16.0 Å². The Kier molecular flexibility index (Phi) is 4.04. The number of pyridine rings is 2. The van der Waals surface area contributed by atoms with Gasteiger partial charge in [-0.25, -0.2) is 0 Å². The fourth-order valence-corrected chi connectivity index (χ4v) is 3.13. The van der Waals surface area contributed by atoms with E-state index in [0.29, 0.717) is 5.92 Å². The summed E-state index contributed by atoms with van der Waals surface area (Å²) in [6.07, 6.45) is 9.94. The number of fused-ring (bicyclic) bond motifs is 1. The van der Waals surface area contributed by atoms with E-state index in [4.69, 9.17) is 5.84 Å². The molecule has 1 aliphatic carbocycles. The third-order valence-electron chi connectivity index (χ3n) is 4.12. The summed E-state index contributed by atoms with van der Waals surface area (Å²) in [4.78, 5) is 8.78. The molecule has 3 N–H and O–H groups in total. The molecule has 2 atom stereocenters. The second-order valence-corrected chi connectivity index (χ2v) is 5.39. The molecule has 2 aromatic rings. The maximum atomic E-state index is 5.81. The fraction of sp³-hybridized carbons (Fsp3) is 0.375. The zero-order valence-corrected chi connectivity index (χ0v) is 11.5. The highest BCUT2D eigenvalue weighted by Gasteiger charge is 2.28. The van der Waals surface area contributed by atoms with Crippen molar-refractivity contribution in [1.29, 1.82) is 0 Å². The van der Waals surface area contributed by atoms with E-state index >= 15 is 0 Å². The van der Waals surface area contributed by atoms with Crippen molar-refractivity contribution in [2.75, 3.05) is 0 Å². The van der Waals surface area contributed by atoms with Crippen LogP contribution in [0, 0.1) is 0 Å². The lowest BCUT2D eigenvalue weighted by atomic mass is 9.80. The van der Waals surface area contributed by atoms with Gasteiger partial charge in [0.2, 0.25) is 0 Å². The van der Waals surface area contributed by atoms with E-state index in [-0.39, 0.29) is 6.04 Å². The van der Waals surface area contributed by atoms with Crippen LogP contribution in [0.2, 0.25) is 0 Å². The second-order valence-electron chi connectivity index (χ2n) is 5.39. The van der Waals surface area contributed by atoms with Gasteiger partial charge in [0.15, 0.2) is 0 Å². The van der Waals surface area contributed by atoms with Crippen molar-refractivity contribution in [3.8, 4) is 0 Å². The van der Waals surface area contributed by atoms with Gasteiger partial charge in [0.05, 0.1) is 0 Å². The number of hydrogen-bond donors (Lipinski definition) is 2. The van der Waals surface area contributed by atoms with Crippen LogP contribution in [0.4, 0.5) is 0 Å². The van der Waals surface area contributed by atoms with Crippen molar-refractivity contribution >= 4 is 0 Å². The topological polar surface area (TPSA) is 63.8 Å². The van der Waals surface area contributed by atoms with Gasteiger partial charge in [-0.05, 0) is 48.9 Å². The Morgan fingerprint density at radius 3 is 3.00 bits per heavy atom. The molecular formula is C16H20N4. The average Bonchev–Trinajstić information content (AvgIpc) is 2.53. The zero-order valence-electron chi connectivity index (χ0n) is 11.5. The number of aryl methyl sites for hydroxylation is 1. The molecule has 20 heavy (non-hydrogen) atoms. The minimum Gasteiger partial charge on any atom is -0.271 e. The molecule has 0 aliphatic heterocycles. The van der Waals surface area contributed by atoms with Crippen molar-refractivity contribution in [1.82, 2.24) is 15.4 Å². The number of rotatable bonds is 4. The molecular weight excluding hydrogens is 248 g/mol. The molecule has 2 aromatic heterocycles. The predicted molar refractivity (Wildman–Crippen MR) is 79.0 cm³/mol. The molecule has 104 valence electrons. The summed E-state index contributed by atoms with van der Waals surface area (Å²) in [6.45, 7) is 0. The third kappa shape index (κ3) is 2.71. The first kappa shape index (κ1) is 13.2. The molecule has 0 aromatic carbocycles. The minimum absolute atomic E-state index is 0.202. The Morgan fingerprint density at radius 1 is 1.30 bits per heavy atom. The van der Waals surface area contributed by atoms with Crippen LogP contribution >= 0.6 is 0 Å². The van der Waals surface area contributed by atoms with Gasteiger partial charge >= 0.3 is 0 Å². The van der Waals surface area contributed by atoms with Crippen molar-refractivity contribution in [3.63, 3.8) is 0 Å². The zero-order chi connectivity index (χ0) is 13.8. The largest absolute Gasteiger partial charge is 0.271 e. The monoisotopic (exact) mass is 268 g/mol. The minimum atomic E-state index is 0.202. The highest BCUT2D eigenvalue weighted by Crippen LogP contribution is 2.33. The predicted octanol–water partition coefficient (Wildman–Crippen LogP) is 1.97. The smallest absolute Gasteiger partial charge is 0.0482 e. The Hall–Kier alpha value is -1.78. The summed E-state index contributed by atoms with van der Waals surface area (Å²) in [5.74, 6) is 6.19. The number of nitrogens with one attached hydrogen (secondary N) is 1. The summed E-state index contributed by atoms with van der Waals surface area (Å²) in [7, 11) is 0. The summed E-state index contributed by atoms with van der Waals surface area (Å²) in [6, 6.07) is 8.47. The van der Waals surface area contributed by atoms with Gasteiger partial charge in [-0.3, -0.25) is 21.2 Å². The molecule has 1 aliphatic rings. The van der Waals surface area contributed by atoms with E-state index in [2.05, 4.69) is 27.5 Å². The van der Waals surface area contributed by atoms with E-state index in [1.165, 1.54) is 23.2 Å². The molecule has 0 saturated heterocycles. The molecule has 2 heterocycles. The van der Waals surface area contributed by atoms with Gasteiger partial charge in [0.25, 0.3) is 0 Å². The van der Waals surface area contributed by atoms with E-state index in [0.717, 1.165) is 19.3 Å². The van der Waals surface area contributed by atoms with Crippen LogP contribution in [0.25, 0.3) is 0 Å². The molecule has 0 radical (unpaired) electrons. The van der Waals surface area contributed by atoms with E-state index in [9.17, 15) is 0 Å². The van der Waals surface area contributed by atoms with Gasteiger partial charge in [0, 0.05) is 36.2 Å². The average molecular weight is 268 g/mol. The molecule has 2 unspecified atom stereocenters. The maximum absolute atomic E-state index is 5.81. The van der Waals surface area contributed by atoms with Crippen LogP contribution in [-0.2, 0) is 12.8 Å². The standard InChI is InChI=1S/C16H20N4/c17-20-15(10-12-4-2-8-18-11-12)14-7-1-5-13-6-3-9-19-16(13)14/h2-4,6,8-9,11,14-15,20H,1,5,7,10,17H2. The fourth-order valence-electron chi connectivity index (χ4n) is 3.13.